The summed E-state index contributed by atoms with van der Waals surface area (Å²) in [6.07, 6.45) is 5.01. The molecule has 0 heterocycles. The molecule has 0 aliphatic carbocycles. The third-order valence-corrected chi connectivity index (χ3v) is 6.20. The zero-order chi connectivity index (χ0) is 17.1. The van der Waals surface area contributed by atoms with Gasteiger partial charge >= 0.3 is 0 Å². The van der Waals surface area contributed by atoms with Gasteiger partial charge in [0.2, 0.25) is 0 Å². The highest BCUT2D eigenvalue weighted by Crippen LogP contribution is 2.42. The van der Waals surface area contributed by atoms with Gasteiger partial charge in [0.1, 0.15) is 15.7 Å². The van der Waals surface area contributed by atoms with E-state index in [0.717, 1.165) is 5.92 Å². The van der Waals surface area contributed by atoms with E-state index in [1.54, 1.807) is 10.9 Å². The smallest absolute Gasteiger partial charge is 0.119 e. The van der Waals surface area contributed by atoms with Crippen molar-refractivity contribution < 1.29 is 0 Å². The zero-order valence-corrected chi connectivity index (χ0v) is 16.9. The van der Waals surface area contributed by atoms with Crippen molar-refractivity contribution in [3.63, 3.8) is 0 Å². The fourth-order valence-electron chi connectivity index (χ4n) is 3.57. The molecule has 122 valence electrons. The summed E-state index contributed by atoms with van der Waals surface area (Å²) in [4.78, 5) is 0. The van der Waals surface area contributed by atoms with E-state index in [1.807, 2.05) is 0 Å². The average Bonchev–Trinajstić information content (AvgIpc) is 2.34. The first-order chi connectivity index (χ1) is 9.29. The first-order valence-electron chi connectivity index (χ1n) is 8.96. The van der Waals surface area contributed by atoms with Crippen LogP contribution in [0.25, 0.3) is 0 Å². The predicted molar refractivity (Wildman–Crippen MR) is 104 cm³/mol. The van der Waals surface area contributed by atoms with Crippen molar-refractivity contribution in [3.05, 3.63) is 10.9 Å². The van der Waals surface area contributed by atoms with Crippen molar-refractivity contribution >= 4 is 15.7 Å². The molecule has 1 unspecified atom stereocenters. The van der Waals surface area contributed by atoms with Crippen molar-refractivity contribution in [1.29, 1.82) is 0 Å². The van der Waals surface area contributed by atoms with Crippen LogP contribution in [-0.2, 0) is 0 Å². The van der Waals surface area contributed by atoms with Crippen LogP contribution in [0.3, 0.4) is 0 Å². The Kier molecular flexibility index (Phi) is 7.38. The Bertz CT molecular complexity index is 362. The van der Waals surface area contributed by atoms with Gasteiger partial charge in [0, 0.05) is 0 Å². The largest absolute Gasteiger partial charge is 0.133 e. The average molecular weight is 290 g/mol. The summed E-state index contributed by atoms with van der Waals surface area (Å²) in [6.45, 7) is 21.6. The molecule has 0 aliphatic heterocycles. The first kappa shape index (κ1) is 20.9. The highest BCUT2D eigenvalue weighted by atomic mass is 14.3. The molecule has 2 heteroatoms. The monoisotopic (exact) mass is 290 g/mol. The van der Waals surface area contributed by atoms with Crippen molar-refractivity contribution in [2.75, 3.05) is 0 Å². The van der Waals surface area contributed by atoms with Crippen LogP contribution in [0.2, 0.25) is 0 Å². The van der Waals surface area contributed by atoms with Crippen LogP contribution < -0.4 is 0 Å². The molecule has 1 atom stereocenters. The Balaban J connectivity index is 5.21. The molecule has 0 aromatic carbocycles. The molecule has 0 nitrogen and oxygen atoms in total. The molecule has 0 aliphatic rings. The second kappa shape index (κ2) is 7.42. The second-order valence-corrected chi connectivity index (χ2v) is 9.46. The van der Waals surface area contributed by atoms with Crippen LogP contribution >= 0.6 is 0 Å². The maximum absolute atomic E-state index is 2.43. The lowest BCUT2D eigenvalue weighted by Gasteiger charge is -2.39. The van der Waals surface area contributed by atoms with Crippen LogP contribution in [0.15, 0.2) is 10.9 Å². The Labute approximate surface area is 137 Å². The third-order valence-electron chi connectivity index (χ3n) is 6.20. The molecule has 0 aromatic rings. The minimum Gasteiger partial charge on any atom is -0.119 e. The topological polar surface area (TPSA) is 0 Å². The number of allylic oxidation sites excluding steroid dienone is 2. The van der Waals surface area contributed by atoms with Crippen molar-refractivity contribution in [1.82, 2.24) is 0 Å². The summed E-state index contributed by atoms with van der Waals surface area (Å²) in [5.41, 5.74) is 4.35. The molecule has 0 bridgehead atoms. The molecule has 0 spiro atoms. The summed E-state index contributed by atoms with van der Waals surface area (Å²) in [5, 5.41) is 0. The van der Waals surface area contributed by atoms with Crippen LogP contribution in [0, 0.1) is 22.2 Å². The molecule has 0 fully saturated rings. The number of hydrogen-bond donors (Lipinski definition) is 0. The van der Waals surface area contributed by atoms with E-state index in [1.165, 1.54) is 25.7 Å². The highest BCUT2D eigenvalue weighted by Gasteiger charge is 2.31. The van der Waals surface area contributed by atoms with E-state index in [0.29, 0.717) is 16.2 Å². The maximum Gasteiger partial charge on any atom is 0.133 e. The van der Waals surface area contributed by atoms with Gasteiger partial charge in [0.25, 0.3) is 0 Å². The molecule has 0 amide bonds. The standard InChI is InChI=1S/C19H40B2/c1-10-14(3)18(6,7)12-15(20)16(21)19(8,9)13-17(4,5)11-2/h14H,10-13,20-21H2,1-9H3/b16-15+. The maximum atomic E-state index is 2.43. The third kappa shape index (κ3) is 6.25. The minimum absolute atomic E-state index is 0.301. The van der Waals surface area contributed by atoms with Gasteiger partial charge in [-0.2, -0.15) is 0 Å². The van der Waals surface area contributed by atoms with E-state index in [-0.39, 0.29) is 0 Å². The molecular formula is C19H40B2. The lowest BCUT2D eigenvalue weighted by atomic mass is 9.58. The van der Waals surface area contributed by atoms with Crippen LogP contribution in [0.5, 0.6) is 0 Å². The Morgan fingerprint density at radius 1 is 0.952 bits per heavy atom. The van der Waals surface area contributed by atoms with Gasteiger partial charge in [-0.3, -0.25) is 0 Å². The number of hydrogen-bond acceptors (Lipinski definition) is 0. The fraction of sp³-hybridized carbons (Fsp3) is 0.895. The Morgan fingerprint density at radius 2 is 1.43 bits per heavy atom. The van der Waals surface area contributed by atoms with Gasteiger partial charge in [-0.1, -0.05) is 75.2 Å². The fourth-order valence-corrected chi connectivity index (χ4v) is 3.57. The van der Waals surface area contributed by atoms with Crippen molar-refractivity contribution in [2.45, 2.75) is 88.0 Å². The van der Waals surface area contributed by atoms with E-state index >= 15 is 0 Å². The first-order valence-corrected chi connectivity index (χ1v) is 8.96. The van der Waals surface area contributed by atoms with Gasteiger partial charge in [0.05, 0.1) is 0 Å². The van der Waals surface area contributed by atoms with Crippen LogP contribution in [0.1, 0.15) is 88.0 Å². The van der Waals surface area contributed by atoms with Gasteiger partial charge < -0.3 is 0 Å². The van der Waals surface area contributed by atoms with E-state index in [2.05, 4.69) is 78.0 Å². The lowest BCUT2D eigenvalue weighted by molar-refractivity contribution is 0.215. The van der Waals surface area contributed by atoms with E-state index < -0.39 is 0 Å². The molecule has 0 aromatic heterocycles. The lowest BCUT2D eigenvalue weighted by Crippen LogP contribution is -2.28. The zero-order valence-electron chi connectivity index (χ0n) is 16.9. The van der Waals surface area contributed by atoms with E-state index in [4.69, 9.17) is 0 Å². The number of rotatable bonds is 8. The SMILES string of the molecule is B/C(CC(C)(C)C(C)CC)=C(/B)C(C)(C)CC(C)(C)CC. The van der Waals surface area contributed by atoms with Gasteiger partial charge in [-0.25, -0.2) is 0 Å². The molecule has 0 saturated carbocycles. The Hall–Kier alpha value is -0.130. The van der Waals surface area contributed by atoms with Crippen molar-refractivity contribution in [2.24, 2.45) is 22.2 Å². The van der Waals surface area contributed by atoms with Crippen LogP contribution in [-0.4, -0.2) is 15.7 Å². The van der Waals surface area contributed by atoms with E-state index in [9.17, 15) is 0 Å². The Morgan fingerprint density at radius 3 is 1.81 bits per heavy atom. The molecule has 0 rings (SSSR count). The molecule has 0 radical (unpaired) electrons. The highest BCUT2D eigenvalue weighted by molar-refractivity contribution is 6.32. The predicted octanol–water partition coefficient (Wildman–Crippen LogP) is 4.78. The molecule has 0 N–H and O–H groups in total. The van der Waals surface area contributed by atoms with Crippen LogP contribution in [0.4, 0.5) is 0 Å². The van der Waals surface area contributed by atoms with Gasteiger partial charge in [-0.15, -0.1) is 10.9 Å². The summed E-state index contributed by atoms with van der Waals surface area (Å²) >= 11 is 0. The molecular weight excluding hydrogens is 250 g/mol. The molecule has 0 saturated heterocycles. The van der Waals surface area contributed by atoms with Crippen molar-refractivity contribution in [3.8, 4) is 0 Å². The summed E-state index contributed by atoms with van der Waals surface area (Å²) in [5.74, 6) is 0.774. The minimum atomic E-state index is 0.301. The van der Waals surface area contributed by atoms with Gasteiger partial charge in [0.15, 0.2) is 0 Å². The summed E-state index contributed by atoms with van der Waals surface area (Å²) < 4.78 is 0. The normalized spacial score (nSPS) is 16.6. The second-order valence-electron chi connectivity index (χ2n) is 9.46. The summed E-state index contributed by atoms with van der Waals surface area (Å²) in [7, 11) is 4.73. The molecule has 21 heavy (non-hydrogen) atoms. The quantitative estimate of drug-likeness (QED) is 0.564. The summed E-state index contributed by atoms with van der Waals surface area (Å²) in [6, 6.07) is 0. The van der Waals surface area contributed by atoms with Gasteiger partial charge in [-0.05, 0) is 35.0 Å².